The summed E-state index contributed by atoms with van der Waals surface area (Å²) in [6.07, 6.45) is 15.6. The van der Waals surface area contributed by atoms with Crippen LogP contribution in [0.2, 0.25) is 0 Å². The van der Waals surface area contributed by atoms with Crippen molar-refractivity contribution >= 4 is 5.78 Å². The minimum absolute atomic E-state index is 0.120. The van der Waals surface area contributed by atoms with Crippen LogP contribution in [0, 0.1) is 40.9 Å². The van der Waals surface area contributed by atoms with Crippen LogP contribution in [0.25, 0.3) is 0 Å². The second kappa shape index (κ2) is 4.73. The van der Waals surface area contributed by atoms with Crippen molar-refractivity contribution in [2.75, 3.05) is 0 Å². The van der Waals surface area contributed by atoms with Gasteiger partial charge >= 0.3 is 0 Å². The van der Waals surface area contributed by atoms with Gasteiger partial charge in [-0.25, -0.2) is 0 Å². The molecule has 0 aliphatic heterocycles. The Morgan fingerprint density at radius 3 is 2.61 bits per heavy atom. The molecule has 23 heavy (non-hydrogen) atoms. The predicted molar refractivity (Wildman–Crippen MR) is 90.5 cm³/mol. The number of fused-ring (bicyclic) bond motifs is 5. The number of hydrogen-bond donors (Lipinski definition) is 1. The summed E-state index contributed by atoms with van der Waals surface area (Å²) in [7, 11) is 0. The molecule has 0 radical (unpaired) electrons. The highest BCUT2D eigenvalue weighted by Gasteiger charge is 2.63. The molecule has 4 rings (SSSR count). The van der Waals surface area contributed by atoms with Crippen molar-refractivity contribution in [1.82, 2.24) is 0 Å². The van der Waals surface area contributed by atoms with Gasteiger partial charge in [0.1, 0.15) is 5.60 Å². The lowest BCUT2D eigenvalue weighted by Crippen LogP contribution is -2.54. The van der Waals surface area contributed by atoms with Crippen LogP contribution < -0.4 is 0 Å². The maximum Gasteiger partial charge on any atom is 0.155 e. The van der Waals surface area contributed by atoms with E-state index in [1.165, 1.54) is 12.0 Å². The molecule has 0 aromatic heterocycles. The van der Waals surface area contributed by atoms with E-state index in [1.807, 2.05) is 6.08 Å². The fourth-order valence-electron chi connectivity index (χ4n) is 6.81. The van der Waals surface area contributed by atoms with Gasteiger partial charge in [-0.1, -0.05) is 25.3 Å². The van der Waals surface area contributed by atoms with Crippen molar-refractivity contribution in [2.24, 2.45) is 28.6 Å². The third kappa shape index (κ3) is 1.84. The van der Waals surface area contributed by atoms with Gasteiger partial charge in [0.2, 0.25) is 0 Å². The summed E-state index contributed by atoms with van der Waals surface area (Å²) in [4.78, 5) is 11.8. The van der Waals surface area contributed by atoms with Gasteiger partial charge in [0.25, 0.3) is 0 Å². The SMILES string of the molecule is C#C[C@@]1(O)CC[C@@H]2[C@H]3CCC4=CC(=O)CC[C@@]4(C)[C@@H]3CC[C@]21C. The fourth-order valence-corrected chi connectivity index (χ4v) is 6.81. The number of hydrogen-bond acceptors (Lipinski definition) is 2. The average Bonchev–Trinajstić information content (AvgIpc) is 2.80. The number of carbonyl (C=O) groups is 1. The van der Waals surface area contributed by atoms with Gasteiger partial charge in [0.05, 0.1) is 0 Å². The first-order chi connectivity index (χ1) is 10.8. The zero-order valence-electron chi connectivity index (χ0n) is 14.4. The monoisotopic (exact) mass is 312 g/mol. The Morgan fingerprint density at radius 2 is 1.87 bits per heavy atom. The van der Waals surface area contributed by atoms with Crippen LogP contribution in [-0.2, 0) is 4.79 Å². The summed E-state index contributed by atoms with van der Waals surface area (Å²) < 4.78 is 0. The molecule has 124 valence electrons. The molecular formula is C21H28O2. The van der Waals surface area contributed by atoms with E-state index in [9.17, 15) is 9.90 Å². The van der Waals surface area contributed by atoms with E-state index in [1.54, 1.807) is 0 Å². The molecule has 0 amide bonds. The maximum atomic E-state index is 11.8. The topological polar surface area (TPSA) is 37.3 Å². The summed E-state index contributed by atoms with van der Waals surface area (Å²) in [5, 5.41) is 11.0. The lowest BCUT2D eigenvalue weighted by molar-refractivity contribution is -0.119. The zero-order valence-corrected chi connectivity index (χ0v) is 14.4. The van der Waals surface area contributed by atoms with Gasteiger partial charge < -0.3 is 5.11 Å². The summed E-state index contributed by atoms with van der Waals surface area (Å²) >= 11 is 0. The number of aliphatic hydroxyl groups is 1. The van der Waals surface area contributed by atoms with Crippen LogP contribution in [0.4, 0.5) is 0 Å². The largest absolute Gasteiger partial charge is 0.377 e. The van der Waals surface area contributed by atoms with Crippen LogP contribution in [0.15, 0.2) is 11.6 Å². The molecule has 4 aliphatic rings. The molecule has 0 heterocycles. The summed E-state index contributed by atoms with van der Waals surface area (Å²) in [6, 6.07) is 0. The second-order valence-electron chi connectivity index (χ2n) is 8.97. The predicted octanol–water partition coefficient (Wildman–Crippen LogP) is 3.88. The van der Waals surface area contributed by atoms with Crippen molar-refractivity contribution in [3.8, 4) is 12.3 Å². The highest BCUT2D eigenvalue weighted by atomic mass is 16.3. The number of rotatable bonds is 0. The third-order valence-corrected chi connectivity index (χ3v) is 8.35. The number of carbonyl (C=O) groups excluding carboxylic acids is 1. The highest BCUT2D eigenvalue weighted by molar-refractivity contribution is 5.91. The molecule has 0 aromatic carbocycles. The van der Waals surface area contributed by atoms with Crippen molar-refractivity contribution < 1.29 is 9.90 Å². The zero-order chi connectivity index (χ0) is 16.5. The Labute approximate surface area is 139 Å². The number of allylic oxidation sites excluding steroid dienone is 1. The van der Waals surface area contributed by atoms with Crippen molar-refractivity contribution in [3.05, 3.63) is 11.6 Å². The van der Waals surface area contributed by atoms with Crippen LogP contribution in [0.3, 0.4) is 0 Å². The van der Waals surface area contributed by atoms with Crippen LogP contribution in [0.1, 0.15) is 65.2 Å². The van der Waals surface area contributed by atoms with Gasteiger partial charge in [-0.05, 0) is 74.2 Å². The number of terminal acetylenes is 1. The summed E-state index contributed by atoms with van der Waals surface area (Å²) in [6.45, 7) is 4.63. The van der Waals surface area contributed by atoms with E-state index >= 15 is 0 Å². The molecular weight excluding hydrogens is 284 g/mol. The van der Waals surface area contributed by atoms with E-state index in [0.717, 1.165) is 38.5 Å². The Morgan fingerprint density at radius 1 is 1.13 bits per heavy atom. The Kier molecular flexibility index (Phi) is 3.18. The van der Waals surface area contributed by atoms with E-state index in [2.05, 4.69) is 19.8 Å². The molecule has 3 saturated carbocycles. The molecule has 1 N–H and O–H groups in total. The molecule has 3 fully saturated rings. The Balaban J connectivity index is 1.70. The van der Waals surface area contributed by atoms with E-state index in [4.69, 9.17) is 6.42 Å². The first-order valence-electron chi connectivity index (χ1n) is 9.28. The van der Waals surface area contributed by atoms with Crippen molar-refractivity contribution in [2.45, 2.75) is 70.8 Å². The summed E-state index contributed by atoms with van der Waals surface area (Å²) in [5.74, 6) is 4.93. The molecule has 0 unspecified atom stereocenters. The first-order valence-corrected chi connectivity index (χ1v) is 9.28. The lowest BCUT2D eigenvalue weighted by Gasteiger charge is -2.58. The fraction of sp³-hybridized carbons (Fsp3) is 0.762. The van der Waals surface area contributed by atoms with E-state index < -0.39 is 5.60 Å². The number of ketones is 1. The lowest BCUT2D eigenvalue weighted by atomic mass is 9.46. The standard InChI is InChI=1S/C21H28O2/c1-4-21(23)12-9-18-16-6-5-14-13-15(22)7-10-19(14,2)17(16)8-11-20(18,21)3/h1,13,16-18,23H,5-12H2,2-3H3/t16-,17+,18+,19+,20+,21+/m0/s1. The van der Waals surface area contributed by atoms with E-state index in [0.29, 0.717) is 30.0 Å². The molecule has 2 nitrogen and oxygen atoms in total. The normalized spacial score (nSPS) is 52.0. The smallest absolute Gasteiger partial charge is 0.155 e. The third-order valence-electron chi connectivity index (χ3n) is 8.35. The van der Waals surface area contributed by atoms with Gasteiger partial charge in [-0.3, -0.25) is 4.79 Å². The van der Waals surface area contributed by atoms with Crippen molar-refractivity contribution in [1.29, 1.82) is 0 Å². The minimum Gasteiger partial charge on any atom is -0.377 e. The van der Waals surface area contributed by atoms with Gasteiger partial charge in [0, 0.05) is 11.8 Å². The van der Waals surface area contributed by atoms with Gasteiger partial charge in [-0.15, -0.1) is 6.42 Å². The van der Waals surface area contributed by atoms with Gasteiger partial charge in [-0.2, -0.15) is 0 Å². The van der Waals surface area contributed by atoms with Gasteiger partial charge in [0.15, 0.2) is 5.78 Å². The highest BCUT2D eigenvalue weighted by Crippen LogP contribution is 2.67. The average molecular weight is 312 g/mol. The van der Waals surface area contributed by atoms with Crippen LogP contribution in [0.5, 0.6) is 0 Å². The van der Waals surface area contributed by atoms with Crippen LogP contribution >= 0.6 is 0 Å². The quantitative estimate of drug-likeness (QED) is 0.689. The molecule has 4 aliphatic carbocycles. The minimum atomic E-state index is -0.914. The molecule has 0 spiro atoms. The molecule has 6 atom stereocenters. The van der Waals surface area contributed by atoms with Crippen molar-refractivity contribution in [3.63, 3.8) is 0 Å². The van der Waals surface area contributed by atoms with Crippen LogP contribution in [-0.4, -0.2) is 16.5 Å². The maximum absolute atomic E-state index is 11.8. The first kappa shape index (κ1) is 15.5. The molecule has 0 aromatic rings. The molecule has 0 saturated heterocycles. The summed E-state index contributed by atoms with van der Waals surface area (Å²) in [5.41, 5.74) is 0.575. The Bertz CT molecular complexity index is 626. The Hall–Kier alpha value is -1.07. The van der Waals surface area contributed by atoms with E-state index in [-0.39, 0.29) is 10.8 Å². The molecule has 2 heteroatoms. The second-order valence-corrected chi connectivity index (χ2v) is 8.97. The molecule has 0 bridgehead atoms.